The fourth-order valence-electron chi connectivity index (χ4n) is 6.66. The number of benzene rings is 2. The zero-order valence-electron chi connectivity index (χ0n) is 25.4. The van der Waals surface area contributed by atoms with Gasteiger partial charge in [-0.05, 0) is 82.1 Å². The number of aryl methyl sites for hydroxylation is 1. The molecule has 3 aliphatic rings. The van der Waals surface area contributed by atoms with Gasteiger partial charge in [0.05, 0.1) is 17.5 Å². The van der Waals surface area contributed by atoms with Gasteiger partial charge in [-0.25, -0.2) is 8.78 Å². The first kappa shape index (κ1) is 30.7. The normalized spacial score (nSPS) is 20.0. The second kappa shape index (κ2) is 13.0. The van der Waals surface area contributed by atoms with Crippen molar-refractivity contribution in [1.82, 2.24) is 9.80 Å². The number of nitrogens with one attached hydrogen (secondary N) is 1. The number of nitrogens with zero attached hydrogens (tertiary/aromatic N) is 3. The number of carbonyl (C=O) groups excluding carboxylic acids is 3. The Labute approximate surface area is 261 Å². The molecule has 0 aliphatic carbocycles. The molecular weight excluding hydrogens is 578 g/mol. The Morgan fingerprint density at radius 1 is 0.911 bits per heavy atom. The molecule has 0 radical (unpaired) electrons. The number of likely N-dealkylation sites (tertiary alicyclic amines) is 2. The second-order valence-corrected chi connectivity index (χ2v) is 12.1. The lowest BCUT2D eigenvalue weighted by Gasteiger charge is -2.40. The van der Waals surface area contributed by atoms with E-state index < -0.39 is 24.2 Å². The molecule has 2 saturated heterocycles. The average molecular weight is 617 g/mol. The fraction of sp³-hybridized carbons (Fsp3) is 0.400. The lowest BCUT2D eigenvalue weighted by molar-refractivity contribution is -0.127. The van der Waals surface area contributed by atoms with E-state index in [1.807, 2.05) is 0 Å². The Hall–Kier alpha value is -4.31. The summed E-state index contributed by atoms with van der Waals surface area (Å²) in [5.74, 6) is -4.03. The van der Waals surface area contributed by atoms with E-state index >= 15 is 8.78 Å². The van der Waals surface area contributed by atoms with Crippen LogP contribution >= 0.6 is 0 Å². The molecule has 0 atom stereocenters. The van der Waals surface area contributed by atoms with E-state index in [0.717, 1.165) is 32.0 Å². The van der Waals surface area contributed by atoms with Crippen molar-refractivity contribution in [2.75, 3.05) is 42.9 Å². The standard InChI is InChI=1S/C35H38F2N4O4/c1-24-28(15-22-45-24)33(43)38-26-11-9-25(10-12-26)34(44)41-21-16-35(36,37)30(29-7-3-4-8-31(29)41)23-32(42)40-19-13-27(14-20-40)39-17-5-2-6-18-39/h3-4,7-12,15,22-23,27H,2,5-6,13-14,16-21H2,1H3,(H,38,43)/b30-23-. The van der Waals surface area contributed by atoms with E-state index in [0.29, 0.717) is 41.8 Å². The van der Waals surface area contributed by atoms with Crippen LogP contribution in [-0.2, 0) is 4.79 Å². The lowest BCUT2D eigenvalue weighted by Crippen LogP contribution is -2.48. The maximum absolute atomic E-state index is 15.8. The van der Waals surface area contributed by atoms with Crippen LogP contribution in [-0.4, -0.2) is 72.2 Å². The minimum atomic E-state index is -3.31. The Morgan fingerprint density at radius 2 is 1.62 bits per heavy atom. The molecule has 236 valence electrons. The topological polar surface area (TPSA) is 86.1 Å². The van der Waals surface area contributed by atoms with Gasteiger partial charge in [0.2, 0.25) is 5.91 Å². The van der Waals surface area contributed by atoms with Crippen molar-refractivity contribution in [1.29, 1.82) is 0 Å². The molecule has 6 rings (SSSR count). The van der Waals surface area contributed by atoms with E-state index in [2.05, 4.69) is 10.2 Å². The summed E-state index contributed by atoms with van der Waals surface area (Å²) in [6, 6.07) is 14.8. The third-order valence-corrected chi connectivity index (χ3v) is 9.22. The number of carbonyl (C=O) groups is 3. The van der Waals surface area contributed by atoms with E-state index in [9.17, 15) is 14.4 Å². The van der Waals surface area contributed by atoms with Gasteiger partial charge in [-0.1, -0.05) is 24.6 Å². The minimum Gasteiger partial charge on any atom is -0.469 e. The van der Waals surface area contributed by atoms with Gasteiger partial charge < -0.3 is 24.4 Å². The molecule has 0 saturated carbocycles. The summed E-state index contributed by atoms with van der Waals surface area (Å²) in [5.41, 5.74) is 1.31. The molecule has 1 N–H and O–H groups in total. The molecule has 2 fully saturated rings. The van der Waals surface area contributed by atoms with Crippen LogP contribution in [0.5, 0.6) is 0 Å². The van der Waals surface area contributed by atoms with Crippen LogP contribution in [0.1, 0.15) is 70.6 Å². The number of furan rings is 1. The zero-order chi connectivity index (χ0) is 31.6. The number of alkyl halides is 2. The molecule has 3 aliphatic heterocycles. The third-order valence-electron chi connectivity index (χ3n) is 9.22. The van der Waals surface area contributed by atoms with Gasteiger partial charge in [0.15, 0.2) is 0 Å². The van der Waals surface area contributed by atoms with Crippen LogP contribution in [0.15, 0.2) is 71.4 Å². The number of hydrogen-bond acceptors (Lipinski definition) is 5. The predicted octanol–water partition coefficient (Wildman–Crippen LogP) is 6.39. The number of amides is 3. The van der Waals surface area contributed by atoms with Crippen LogP contribution < -0.4 is 10.2 Å². The van der Waals surface area contributed by atoms with Gasteiger partial charge in [0, 0.05) is 60.6 Å². The van der Waals surface area contributed by atoms with Crippen LogP contribution in [0.4, 0.5) is 20.2 Å². The molecule has 3 amide bonds. The second-order valence-electron chi connectivity index (χ2n) is 12.1. The fourth-order valence-corrected chi connectivity index (χ4v) is 6.66. The number of allylic oxidation sites excluding steroid dienone is 1. The van der Waals surface area contributed by atoms with Crippen molar-refractivity contribution < 1.29 is 27.6 Å². The van der Waals surface area contributed by atoms with E-state index in [-0.39, 0.29) is 29.2 Å². The van der Waals surface area contributed by atoms with Gasteiger partial charge in [0.25, 0.3) is 17.7 Å². The van der Waals surface area contributed by atoms with E-state index in [4.69, 9.17) is 4.42 Å². The molecule has 0 bridgehead atoms. The van der Waals surface area contributed by atoms with E-state index in [1.54, 1.807) is 66.4 Å². The number of para-hydroxylation sites is 1. The van der Waals surface area contributed by atoms with Gasteiger partial charge in [-0.15, -0.1) is 0 Å². The Balaban J connectivity index is 1.19. The summed E-state index contributed by atoms with van der Waals surface area (Å²) in [5, 5.41) is 2.77. The summed E-state index contributed by atoms with van der Waals surface area (Å²) < 4.78 is 36.7. The summed E-state index contributed by atoms with van der Waals surface area (Å²) in [6.07, 6.45) is 7.26. The average Bonchev–Trinajstić information content (AvgIpc) is 3.46. The largest absolute Gasteiger partial charge is 0.469 e. The molecule has 10 heteroatoms. The van der Waals surface area contributed by atoms with Crippen LogP contribution in [0.25, 0.3) is 5.57 Å². The highest BCUT2D eigenvalue weighted by Gasteiger charge is 2.42. The summed E-state index contributed by atoms with van der Waals surface area (Å²) >= 11 is 0. The smallest absolute Gasteiger partial charge is 0.275 e. The first-order valence-corrected chi connectivity index (χ1v) is 15.7. The molecule has 0 unspecified atom stereocenters. The van der Waals surface area contributed by atoms with Crippen molar-refractivity contribution in [3.05, 3.63) is 89.4 Å². The minimum absolute atomic E-state index is 0.171. The van der Waals surface area contributed by atoms with E-state index in [1.165, 1.54) is 30.4 Å². The monoisotopic (exact) mass is 616 g/mol. The molecule has 8 nitrogen and oxygen atoms in total. The summed E-state index contributed by atoms with van der Waals surface area (Å²) in [4.78, 5) is 45.2. The predicted molar refractivity (Wildman–Crippen MR) is 169 cm³/mol. The molecule has 3 aromatic rings. The highest BCUT2D eigenvalue weighted by atomic mass is 19.3. The maximum atomic E-state index is 15.8. The molecule has 2 aromatic carbocycles. The Bertz CT molecular complexity index is 1580. The molecule has 45 heavy (non-hydrogen) atoms. The summed E-state index contributed by atoms with van der Waals surface area (Å²) in [7, 11) is 0. The number of anilines is 2. The maximum Gasteiger partial charge on any atom is 0.275 e. The lowest BCUT2D eigenvalue weighted by atomic mass is 9.96. The van der Waals surface area contributed by atoms with Crippen molar-refractivity contribution in [2.45, 2.75) is 57.4 Å². The van der Waals surface area contributed by atoms with Gasteiger partial charge in [0.1, 0.15) is 5.76 Å². The summed E-state index contributed by atoms with van der Waals surface area (Å²) in [6.45, 7) is 4.73. The van der Waals surface area contributed by atoms with Crippen molar-refractivity contribution in [3.8, 4) is 0 Å². The first-order valence-electron chi connectivity index (χ1n) is 15.7. The van der Waals surface area contributed by atoms with Crippen molar-refractivity contribution >= 4 is 34.7 Å². The molecule has 4 heterocycles. The number of rotatable bonds is 5. The Morgan fingerprint density at radius 3 is 2.31 bits per heavy atom. The van der Waals surface area contributed by atoms with Crippen LogP contribution in [0.2, 0.25) is 0 Å². The third kappa shape index (κ3) is 6.56. The van der Waals surface area contributed by atoms with Gasteiger partial charge in [-0.2, -0.15) is 0 Å². The van der Waals surface area contributed by atoms with Gasteiger partial charge >= 0.3 is 0 Å². The van der Waals surface area contributed by atoms with Crippen LogP contribution in [0.3, 0.4) is 0 Å². The van der Waals surface area contributed by atoms with Crippen LogP contribution in [0, 0.1) is 6.92 Å². The number of piperidine rings is 2. The first-order chi connectivity index (χ1) is 21.7. The number of halogens is 2. The SMILES string of the molecule is Cc1occc1C(=O)Nc1ccc(C(=O)N2CCC(F)(F)/C(=C\C(=O)N3CCC(N4CCCCC4)CC3)c3ccccc32)cc1. The Kier molecular flexibility index (Phi) is 8.85. The molecule has 0 spiro atoms. The molecule has 1 aromatic heterocycles. The number of fused-ring (bicyclic) bond motifs is 1. The molecular formula is C35H38F2N4O4. The van der Waals surface area contributed by atoms with Crippen molar-refractivity contribution in [3.63, 3.8) is 0 Å². The number of hydrogen-bond donors (Lipinski definition) is 1. The van der Waals surface area contributed by atoms with Crippen molar-refractivity contribution in [2.24, 2.45) is 0 Å². The zero-order valence-corrected chi connectivity index (χ0v) is 25.4. The quantitative estimate of drug-likeness (QED) is 0.336. The van der Waals surface area contributed by atoms with Gasteiger partial charge in [-0.3, -0.25) is 14.4 Å². The highest BCUT2D eigenvalue weighted by Crippen LogP contribution is 2.43. The highest BCUT2D eigenvalue weighted by molar-refractivity contribution is 6.10.